The lowest BCUT2D eigenvalue weighted by Gasteiger charge is -2.19. The molecule has 1 aliphatic heterocycles. The molecule has 0 amide bonds. The van der Waals surface area contributed by atoms with Gasteiger partial charge in [-0.15, -0.1) is 0 Å². The third kappa shape index (κ3) is 3.19. The summed E-state index contributed by atoms with van der Waals surface area (Å²) in [5.41, 5.74) is 1.58. The van der Waals surface area contributed by atoms with Crippen LogP contribution in [-0.2, 0) is 11.3 Å². The third-order valence-electron chi connectivity index (χ3n) is 6.31. The zero-order chi connectivity index (χ0) is 20.9. The van der Waals surface area contributed by atoms with E-state index in [4.69, 9.17) is 9.72 Å². The van der Waals surface area contributed by atoms with E-state index < -0.39 is 11.8 Å². The van der Waals surface area contributed by atoms with E-state index in [0.717, 1.165) is 18.5 Å². The summed E-state index contributed by atoms with van der Waals surface area (Å²) in [5.74, 6) is -0.345. The number of methoxy groups -OCH3 is 1. The molecule has 0 unspecified atom stereocenters. The van der Waals surface area contributed by atoms with Gasteiger partial charge in [-0.25, -0.2) is 14.2 Å². The molecule has 0 radical (unpaired) electrons. The van der Waals surface area contributed by atoms with Crippen molar-refractivity contribution in [1.29, 1.82) is 0 Å². The molecule has 1 saturated heterocycles. The molecule has 1 aromatic heterocycles. The lowest BCUT2D eigenvalue weighted by Crippen LogP contribution is -2.30. The van der Waals surface area contributed by atoms with Crippen LogP contribution in [-0.4, -0.2) is 29.2 Å². The molecule has 3 aromatic rings. The smallest absolute Gasteiger partial charge is 0.337 e. The van der Waals surface area contributed by atoms with Crippen molar-refractivity contribution in [3.05, 3.63) is 75.6 Å². The van der Waals surface area contributed by atoms with E-state index in [0.29, 0.717) is 22.3 Å². The van der Waals surface area contributed by atoms with Crippen LogP contribution in [0.5, 0.6) is 0 Å². The molecule has 1 atom stereocenters. The van der Waals surface area contributed by atoms with E-state index in [1.165, 1.54) is 26.0 Å². The molecule has 2 heterocycles. The molecular formula is C23H22FN3O3. The van der Waals surface area contributed by atoms with Gasteiger partial charge in [0.1, 0.15) is 17.0 Å². The predicted octanol–water partition coefficient (Wildman–Crippen LogP) is 3.19. The number of nitrogens with one attached hydrogen (secondary N) is 1. The van der Waals surface area contributed by atoms with Gasteiger partial charge in [0.05, 0.1) is 30.8 Å². The SMILES string of the molecule is COC(=O)c1ccc(Cn2c([C@@H]3CC4(CC4)CN3)nc3cccc(F)c3c2=O)cc1. The number of halogens is 1. The summed E-state index contributed by atoms with van der Waals surface area (Å²) < 4.78 is 20.8. The highest BCUT2D eigenvalue weighted by Crippen LogP contribution is 2.54. The van der Waals surface area contributed by atoms with Crippen LogP contribution < -0.4 is 10.9 Å². The van der Waals surface area contributed by atoms with Crippen molar-refractivity contribution < 1.29 is 13.9 Å². The summed E-state index contributed by atoms with van der Waals surface area (Å²) in [6.45, 7) is 1.17. The summed E-state index contributed by atoms with van der Waals surface area (Å²) in [5, 5.41) is 3.52. The third-order valence-corrected chi connectivity index (χ3v) is 6.31. The molecule has 1 aliphatic carbocycles. The maximum absolute atomic E-state index is 14.5. The molecule has 5 rings (SSSR count). The quantitative estimate of drug-likeness (QED) is 0.673. The van der Waals surface area contributed by atoms with Gasteiger partial charge in [0.2, 0.25) is 0 Å². The van der Waals surface area contributed by atoms with E-state index in [-0.39, 0.29) is 23.5 Å². The second-order valence-corrected chi connectivity index (χ2v) is 8.32. The number of esters is 1. The van der Waals surface area contributed by atoms with Gasteiger partial charge in [0.25, 0.3) is 5.56 Å². The molecule has 2 fully saturated rings. The van der Waals surface area contributed by atoms with E-state index in [1.54, 1.807) is 41.0 Å². The van der Waals surface area contributed by atoms with Gasteiger partial charge in [-0.1, -0.05) is 18.2 Å². The van der Waals surface area contributed by atoms with Gasteiger partial charge in [-0.05, 0) is 54.5 Å². The predicted molar refractivity (Wildman–Crippen MR) is 110 cm³/mol. The van der Waals surface area contributed by atoms with Gasteiger partial charge in [-0.2, -0.15) is 0 Å². The largest absolute Gasteiger partial charge is 0.465 e. The first-order valence-electron chi connectivity index (χ1n) is 10.1. The minimum Gasteiger partial charge on any atom is -0.465 e. The normalized spacial score (nSPS) is 19.3. The number of nitrogens with zero attached hydrogens (tertiary/aromatic N) is 2. The first-order valence-corrected chi connectivity index (χ1v) is 10.1. The van der Waals surface area contributed by atoms with Crippen molar-refractivity contribution in [2.45, 2.75) is 31.8 Å². The van der Waals surface area contributed by atoms with Crippen LogP contribution in [0.2, 0.25) is 0 Å². The minimum absolute atomic E-state index is 0.00608. The van der Waals surface area contributed by atoms with Crippen molar-refractivity contribution in [2.75, 3.05) is 13.7 Å². The second kappa shape index (κ2) is 7.02. The first kappa shape index (κ1) is 18.9. The van der Waals surface area contributed by atoms with Crippen molar-refractivity contribution in [3.8, 4) is 0 Å². The van der Waals surface area contributed by atoms with Crippen LogP contribution in [0.1, 0.15) is 47.1 Å². The summed E-state index contributed by atoms with van der Waals surface area (Å²) in [6, 6.07) is 11.4. The number of fused-ring (bicyclic) bond motifs is 1. The van der Waals surface area contributed by atoms with Crippen LogP contribution in [0.15, 0.2) is 47.3 Å². The highest BCUT2D eigenvalue weighted by Gasteiger charge is 2.49. The molecule has 1 N–H and O–H groups in total. The zero-order valence-electron chi connectivity index (χ0n) is 16.7. The molecule has 30 heavy (non-hydrogen) atoms. The number of carbonyl (C=O) groups is 1. The van der Waals surface area contributed by atoms with Crippen LogP contribution in [0.4, 0.5) is 4.39 Å². The highest BCUT2D eigenvalue weighted by molar-refractivity contribution is 5.89. The Morgan fingerprint density at radius 1 is 1.27 bits per heavy atom. The van der Waals surface area contributed by atoms with Gasteiger partial charge in [0.15, 0.2) is 0 Å². The van der Waals surface area contributed by atoms with Crippen molar-refractivity contribution in [3.63, 3.8) is 0 Å². The van der Waals surface area contributed by atoms with Crippen LogP contribution in [0.3, 0.4) is 0 Å². The molecule has 1 spiro atoms. The van der Waals surface area contributed by atoms with E-state index >= 15 is 0 Å². The van der Waals surface area contributed by atoms with Crippen LogP contribution in [0.25, 0.3) is 10.9 Å². The fraction of sp³-hybridized carbons (Fsp3) is 0.348. The van der Waals surface area contributed by atoms with Gasteiger partial charge >= 0.3 is 5.97 Å². The number of ether oxygens (including phenoxy) is 1. The standard InChI is InChI=1S/C23H22FN3O3/c1-30-22(29)15-7-5-14(6-8-15)12-27-20(18-11-23(9-10-23)13-25-18)26-17-4-2-3-16(24)19(17)21(27)28/h2-8,18,25H,9-13H2,1H3/t18-/m0/s1. The molecule has 2 aromatic carbocycles. The minimum atomic E-state index is -0.565. The lowest BCUT2D eigenvalue weighted by molar-refractivity contribution is 0.0600. The average molecular weight is 407 g/mol. The molecule has 0 bridgehead atoms. The number of rotatable bonds is 4. The second-order valence-electron chi connectivity index (χ2n) is 8.32. The summed E-state index contributed by atoms with van der Waals surface area (Å²) in [4.78, 5) is 29.7. The number of benzene rings is 2. The molecule has 2 aliphatic rings. The van der Waals surface area contributed by atoms with Crippen molar-refractivity contribution in [2.24, 2.45) is 5.41 Å². The summed E-state index contributed by atoms with van der Waals surface area (Å²) in [6.07, 6.45) is 3.32. The number of hydrogen-bond donors (Lipinski definition) is 1. The van der Waals surface area contributed by atoms with E-state index in [1.807, 2.05) is 0 Å². The Hall–Kier alpha value is -3.06. The fourth-order valence-corrected chi connectivity index (χ4v) is 4.36. The molecule has 7 heteroatoms. The summed E-state index contributed by atoms with van der Waals surface area (Å²) >= 11 is 0. The highest BCUT2D eigenvalue weighted by atomic mass is 19.1. The maximum atomic E-state index is 14.5. The number of carbonyl (C=O) groups excluding carboxylic acids is 1. The topological polar surface area (TPSA) is 73.2 Å². The van der Waals surface area contributed by atoms with E-state index in [9.17, 15) is 14.0 Å². The van der Waals surface area contributed by atoms with Crippen LogP contribution >= 0.6 is 0 Å². The Balaban J connectivity index is 1.59. The Kier molecular flexibility index (Phi) is 4.43. The first-order chi connectivity index (χ1) is 14.5. The molecular weight excluding hydrogens is 385 g/mol. The molecule has 154 valence electrons. The van der Waals surface area contributed by atoms with Crippen molar-refractivity contribution >= 4 is 16.9 Å². The Labute approximate surface area is 172 Å². The van der Waals surface area contributed by atoms with Crippen molar-refractivity contribution in [1.82, 2.24) is 14.9 Å². The maximum Gasteiger partial charge on any atom is 0.337 e. The van der Waals surface area contributed by atoms with Gasteiger partial charge in [-0.3, -0.25) is 9.36 Å². The lowest BCUT2D eigenvalue weighted by atomic mass is 10.0. The van der Waals surface area contributed by atoms with Gasteiger partial charge < -0.3 is 10.1 Å². The Morgan fingerprint density at radius 2 is 2.03 bits per heavy atom. The van der Waals surface area contributed by atoms with Gasteiger partial charge in [0, 0.05) is 6.54 Å². The Bertz CT molecular complexity index is 1200. The number of hydrogen-bond acceptors (Lipinski definition) is 5. The van der Waals surface area contributed by atoms with Crippen LogP contribution in [0, 0.1) is 11.2 Å². The monoisotopic (exact) mass is 407 g/mol. The molecule has 6 nitrogen and oxygen atoms in total. The fourth-order valence-electron chi connectivity index (χ4n) is 4.36. The van der Waals surface area contributed by atoms with E-state index in [2.05, 4.69) is 5.32 Å². The average Bonchev–Trinajstić information content (AvgIpc) is 3.38. The Morgan fingerprint density at radius 3 is 2.70 bits per heavy atom. The summed E-state index contributed by atoms with van der Waals surface area (Å²) in [7, 11) is 1.33. The molecule has 1 saturated carbocycles. The number of aromatic nitrogens is 2. The zero-order valence-corrected chi connectivity index (χ0v) is 16.7.